The number of nitriles is 2. The minimum atomic E-state index is -0.355. The van der Waals surface area contributed by atoms with Gasteiger partial charge in [-0.25, -0.2) is 0 Å². The fourth-order valence-electron chi connectivity index (χ4n) is 1.93. The molecule has 2 rings (SSSR count). The molecule has 0 N–H and O–H groups in total. The highest BCUT2D eigenvalue weighted by atomic mass is 79.9. The molecule has 1 aliphatic carbocycles. The first-order chi connectivity index (χ1) is 7.22. The van der Waals surface area contributed by atoms with Gasteiger partial charge >= 0.3 is 0 Å². The lowest BCUT2D eigenvalue weighted by atomic mass is 9.65. The maximum Gasteiger partial charge on any atom is 0.0991 e. The molecule has 0 spiro atoms. The standard InChI is InChI=1S/C12H9BrN2/c13-11-3-2-9(7-14)6-10(11)12(8-15)4-1-5-12/h2-3,6H,1,4-5H2. The summed E-state index contributed by atoms with van der Waals surface area (Å²) >= 11 is 3.45. The highest BCUT2D eigenvalue weighted by molar-refractivity contribution is 9.10. The summed E-state index contributed by atoms with van der Waals surface area (Å²) in [4.78, 5) is 0. The minimum Gasteiger partial charge on any atom is -0.197 e. The SMILES string of the molecule is N#Cc1ccc(Br)c(C2(C#N)CCC2)c1. The average Bonchev–Trinajstić information content (AvgIpc) is 2.20. The summed E-state index contributed by atoms with van der Waals surface area (Å²) in [5.74, 6) is 0. The quantitative estimate of drug-likeness (QED) is 0.778. The molecule has 1 aromatic carbocycles. The largest absolute Gasteiger partial charge is 0.197 e. The van der Waals surface area contributed by atoms with Gasteiger partial charge in [-0.1, -0.05) is 15.9 Å². The molecule has 1 aliphatic rings. The third-order valence-electron chi connectivity index (χ3n) is 3.03. The molecular formula is C12H9BrN2. The Kier molecular flexibility index (Phi) is 2.50. The van der Waals surface area contributed by atoms with Crippen LogP contribution in [0.1, 0.15) is 30.4 Å². The van der Waals surface area contributed by atoms with E-state index in [4.69, 9.17) is 5.26 Å². The van der Waals surface area contributed by atoms with Gasteiger partial charge in [-0.3, -0.25) is 0 Å². The van der Waals surface area contributed by atoms with Gasteiger partial charge in [-0.2, -0.15) is 10.5 Å². The Bertz CT molecular complexity index is 475. The van der Waals surface area contributed by atoms with Crippen molar-refractivity contribution >= 4 is 15.9 Å². The Balaban J connectivity index is 2.53. The van der Waals surface area contributed by atoms with E-state index < -0.39 is 0 Å². The van der Waals surface area contributed by atoms with Gasteiger partial charge in [-0.15, -0.1) is 0 Å². The van der Waals surface area contributed by atoms with Crippen molar-refractivity contribution in [3.8, 4) is 12.1 Å². The van der Waals surface area contributed by atoms with Crippen LogP contribution in [0.2, 0.25) is 0 Å². The lowest BCUT2D eigenvalue weighted by Gasteiger charge is -2.36. The molecule has 15 heavy (non-hydrogen) atoms. The van der Waals surface area contributed by atoms with Gasteiger partial charge in [0.25, 0.3) is 0 Å². The summed E-state index contributed by atoms with van der Waals surface area (Å²) in [7, 11) is 0. The Labute approximate surface area is 97.3 Å². The molecule has 2 nitrogen and oxygen atoms in total. The molecule has 0 aromatic heterocycles. The van der Waals surface area contributed by atoms with Gasteiger partial charge in [0.1, 0.15) is 0 Å². The Morgan fingerprint density at radius 1 is 1.27 bits per heavy atom. The molecule has 0 bridgehead atoms. The second-order valence-corrected chi connectivity index (χ2v) is 4.71. The van der Waals surface area contributed by atoms with Gasteiger partial charge < -0.3 is 0 Å². The molecule has 0 saturated heterocycles. The molecule has 0 amide bonds. The molecule has 1 aromatic rings. The Morgan fingerprint density at radius 3 is 2.47 bits per heavy atom. The van der Waals surface area contributed by atoms with Crippen LogP contribution in [0.3, 0.4) is 0 Å². The second kappa shape index (κ2) is 3.68. The van der Waals surface area contributed by atoms with E-state index in [-0.39, 0.29) is 5.41 Å². The van der Waals surface area contributed by atoms with Crippen LogP contribution in [0.15, 0.2) is 22.7 Å². The topological polar surface area (TPSA) is 47.6 Å². The molecule has 1 fully saturated rings. The van der Waals surface area contributed by atoms with Crippen molar-refractivity contribution in [1.29, 1.82) is 10.5 Å². The fourth-order valence-corrected chi connectivity index (χ4v) is 2.56. The van der Waals surface area contributed by atoms with Crippen molar-refractivity contribution in [3.05, 3.63) is 33.8 Å². The van der Waals surface area contributed by atoms with E-state index >= 15 is 0 Å². The van der Waals surface area contributed by atoms with E-state index in [1.54, 1.807) is 6.07 Å². The smallest absolute Gasteiger partial charge is 0.0991 e. The number of hydrogen-bond acceptors (Lipinski definition) is 2. The first-order valence-corrected chi connectivity index (χ1v) is 5.62. The Hall–Kier alpha value is -1.32. The van der Waals surface area contributed by atoms with Gasteiger partial charge in [0.2, 0.25) is 0 Å². The average molecular weight is 261 g/mol. The Morgan fingerprint density at radius 2 is 2.00 bits per heavy atom. The lowest BCUT2D eigenvalue weighted by Crippen LogP contribution is -2.32. The van der Waals surface area contributed by atoms with Gasteiger partial charge in [0.05, 0.1) is 23.1 Å². The van der Waals surface area contributed by atoms with E-state index in [2.05, 4.69) is 28.1 Å². The van der Waals surface area contributed by atoms with Crippen LogP contribution in [0.5, 0.6) is 0 Å². The first-order valence-electron chi connectivity index (χ1n) is 4.83. The third kappa shape index (κ3) is 1.54. The summed E-state index contributed by atoms with van der Waals surface area (Å²) in [5.41, 5.74) is 1.23. The molecule has 1 saturated carbocycles. The summed E-state index contributed by atoms with van der Waals surface area (Å²) in [5, 5.41) is 18.1. The summed E-state index contributed by atoms with van der Waals surface area (Å²) in [6, 6.07) is 9.93. The van der Waals surface area contributed by atoms with E-state index in [1.807, 2.05) is 12.1 Å². The molecular weight excluding hydrogens is 252 g/mol. The number of rotatable bonds is 1. The van der Waals surface area contributed by atoms with E-state index in [1.165, 1.54) is 0 Å². The number of halogens is 1. The summed E-state index contributed by atoms with van der Waals surface area (Å²) in [6.07, 6.45) is 2.89. The highest BCUT2D eigenvalue weighted by Crippen LogP contribution is 2.45. The van der Waals surface area contributed by atoms with Gasteiger partial charge in [0.15, 0.2) is 0 Å². The molecule has 0 radical (unpaired) electrons. The van der Waals surface area contributed by atoms with Crippen LogP contribution in [0.25, 0.3) is 0 Å². The maximum atomic E-state index is 9.22. The molecule has 0 heterocycles. The first kappa shape index (κ1) is 10.2. The number of hydrogen-bond donors (Lipinski definition) is 0. The van der Waals surface area contributed by atoms with Crippen LogP contribution in [-0.4, -0.2) is 0 Å². The van der Waals surface area contributed by atoms with Crippen LogP contribution in [-0.2, 0) is 5.41 Å². The zero-order chi connectivity index (χ0) is 10.9. The fraction of sp³-hybridized carbons (Fsp3) is 0.333. The third-order valence-corrected chi connectivity index (χ3v) is 3.72. The van der Waals surface area contributed by atoms with Crippen molar-refractivity contribution in [2.24, 2.45) is 0 Å². The van der Waals surface area contributed by atoms with Crippen molar-refractivity contribution in [3.63, 3.8) is 0 Å². The van der Waals surface area contributed by atoms with Crippen LogP contribution < -0.4 is 0 Å². The molecule has 74 valence electrons. The summed E-state index contributed by atoms with van der Waals surface area (Å²) in [6.45, 7) is 0. The van der Waals surface area contributed by atoms with Crippen molar-refractivity contribution < 1.29 is 0 Å². The van der Waals surface area contributed by atoms with E-state index in [0.717, 1.165) is 29.3 Å². The molecule has 0 unspecified atom stereocenters. The van der Waals surface area contributed by atoms with Crippen LogP contribution in [0, 0.1) is 22.7 Å². The number of nitrogens with zero attached hydrogens (tertiary/aromatic N) is 2. The monoisotopic (exact) mass is 260 g/mol. The number of benzene rings is 1. The minimum absolute atomic E-state index is 0.355. The highest BCUT2D eigenvalue weighted by Gasteiger charge is 2.40. The van der Waals surface area contributed by atoms with Crippen molar-refractivity contribution in [1.82, 2.24) is 0 Å². The van der Waals surface area contributed by atoms with Gasteiger partial charge in [0, 0.05) is 4.47 Å². The predicted molar refractivity (Wildman–Crippen MR) is 60.0 cm³/mol. The van der Waals surface area contributed by atoms with E-state index in [9.17, 15) is 5.26 Å². The molecule has 0 aliphatic heterocycles. The second-order valence-electron chi connectivity index (χ2n) is 3.85. The molecule has 3 heteroatoms. The van der Waals surface area contributed by atoms with Crippen molar-refractivity contribution in [2.75, 3.05) is 0 Å². The normalized spacial score (nSPS) is 17.3. The van der Waals surface area contributed by atoms with Crippen LogP contribution >= 0.6 is 15.9 Å². The van der Waals surface area contributed by atoms with E-state index in [0.29, 0.717) is 5.56 Å². The predicted octanol–water partition coefficient (Wildman–Crippen LogP) is 3.27. The van der Waals surface area contributed by atoms with Crippen molar-refractivity contribution in [2.45, 2.75) is 24.7 Å². The maximum absolute atomic E-state index is 9.22. The zero-order valence-corrected chi connectivity index (χ0v) is 9.71. The zero-order valence-electron chi connectivity index (χ0n) is 8.13. The van der Waals surface area contributed by atoms with Crippen LogP contribution in [0.4, 0.5) is 0 Å². The lowest BCUT2D eigenvalue weighted by molar-refractivity contribution is 0.323. The molecule has 0 atom stereocenters. The van der Waals surface area contributed by atoms with Gasteiger partial charge in [-0.05, 0) is 43.0 Å². The summed E-state index contributed by atoms with van der Waals surface area (Å²) < 4.78 is 0.933.